The summed E-state index contributed by atoms with van der Waals surface area (Å²) in [4.78, 5) is 1.56. The minimum absolute atomic E-state index is 0.221. The van der Waals surface area contributed by atoms with Crippen LogP contribution in [0.3, 0.4) is 0 Å². The predicted molar refractivity (Wildman–Crippen MR) is 122 cm³/mol. The van der Waals surface area contributed by atoms with Crippen molar-refractivity contribution in [2.45, 2.75) is 20.0 Å². The molecule has 0 fully saturated rings. The van der Waals surface area contributed by atoms with E-state index in [4.69, 9.17) is 0 Å². The molecule has 0 aromatic heterocycles. The van der Waals surface area contributed by atoms with Crippen molar-refractivity contribution < 1.29 is 26.7 Å². The normalized spacial score (nSPS) is 14.2. The van der Waals surface area contributed by atoms with Gasteiger partial charge in [-0.2, -0.15) is 13.2 Å². The Morgan fingerprint density at radius 1 is 1.03 bits per heavy atom. The Bertz CT molecular complexity index is 989. The highest BCUT2D eigenvalue weighted by atomic mass is 127. The van der Waals surface area contributed by atoms with E-state index in [2.05, 4.69) is 33.9 Å². The second kappa shape index (κ2) is 10.3. The second-order valence-electron chi connectivity index (χ2n) is 6.29. The molecule has 1 heterocycles. The van der Waals surface area contributed by atoms with Crippen LogP contribution in [0.4, 0.5) is 22.0 Å². The molecule has 1 aliphatic heterocycles. The summed E-state index contributed by atoms with van der Waals surface area (Å²) in [6, 6.07) is 10.5. The van der Waals surface area contributed by atoms with E-state index < -0.39 is 30.2 Å². The quantitative estimate of drug-likeness (QED) is 0.288. The zero-order chi connectivity index (χ0) is 23.3. The number of alkyl halides is 3. The topological polar surface area (TPSA) is 12.5 Å². The molecule has 8 heteroatoms. The Morgan fingerprint density at radius 3 is 2.10 bits per heavy atom. The predicted octanol–water partition coefficient (Wildman–Crippen LogP) is 7.58. The molecule has 166 valence electrons. The Kier molecular flexibility index (Phi) is 8.27. The molecule has 2 aromatic rings. The number of allylic oxidation sites excluding steroid dienone is 3. The minimum Gasteiger partial charge on any atom is -0.484 e. The molecule has 3 rings (SSSR count). The first-order chi connectivity index (χ1) is 14.6. The largest absolute Gasteiger partial charge is 0.484 e. The fourth-order valence-corrected chi connectivity index (χ4v) is 3.59. The summed E-state index contributed by atoms with van der Waals surface area (Å²) in [6.45, 7) is 6.30. The van der Waals surface area contributed by atoms with Crippen LogP contribution in [0, 0.1) is 11.6 Å². The molecule has 2 aromatic carbocycles. The monoisotopic (exact) mass is 549 g/mol. The molecule has 0 aliphatic carbocycles. The summed E-state index contributed by atoms with van der Waals surface area (Å²) in [5.74, 6) is -2.60. The molecule has 0 amide bonds. The van der Waals surface area contributed by atoms with E-state index in [0.29, 0.717) is 11.3 Å². The van der Waals surface area contributed by atoms with Crippen LogP contribution in [0.1, 0.15) is 25.0 Å². The lowest BCUT2D eigenvalue weighted by atomic mass is 9.94. The summed E-state index contributed by atoms with van der Waals surface area (Å²) < 4.78 is 72.1. The van der Waals surface area contributed by atoms with Gasteiger partial charge in [0.15, 0.2) is 6.61 Å². The maximum absolute atomic E-state index is 14.9. The third-order valence-corrected chi connectivity index (χ3v) is 5.22. The maximum Gasteiger partial charge on any atom is 0.422 e. The van der Waals surface area contributed by atoms with Gasteiger partial charge in [-0.05, 0) is 34.2 Å². The first-order valence-electron chi connectivity index (χ1n) is 9.37. The molecule has 0 bridgehead atoms. The molecule has 0 saturated heterocycles. The third kappa shape index (κ3) is 5.87. The van der Waals surface area contributed by atoms with Crippen LogP contribution >= 0.6 is 22.6 Å². The van der Waals surface area contributed by atoms with Crippen molar-refractivity contribution in [3.05, 3.63) is 87.2 Å². The number of hydrogen-bond acceptors (Lipinski definition) is 2. The van der Waals surface area contributed by atoms with Crippen LogP contribution in [0.25, 0.3) is 11.3 Å². The number of hydrogen-bond donors (Lipinski definition) is 0. The molecule has 2 nitrogen and oxygen atoms in total. The summed E-state index contributed by atoms with van der Waals surface area (Å²) >= 11 is 2.08. The van der Waals surface area contributed by atoms with Crippen LogP contribution in [0.15, 0.2) is 64.4 Å². The van der Waals surface area contributed by atoms with Gasteiger partial charge in [0, 0.05) is 34.0 Å². The smallest absolute Gasteiger partial charge is 0.422 e. The molecule has 0 radical (unpaired) electrons. The van der Waals surface area contributed by atoms with Crippen molar-refractivity contribution in [3.8, 4) is 5.75 Å². The zero-order valence-electron chi connectivity index (χ0n) is 17.2. The molecule has 0 atom stereocenters. The Morgan fingerprint density at radius 2 is 1.58 bits per heavy atom. The van der Waals surface area contributed by atoms with Gasteiger partial charge in [-0.1, -0.05) is 50.8 Å². The van der Waals surface area contributed by atoms with Crippen LogP contribution in [-0.2, 0) is 0 Å². The Hall–Kier alpha value is -2.36. The van der Waals surface area contributed by atoms with Crippen molar-refractivity contribution >= 4 is 33.9 Å². The van der Waals surface area contributed by atoms with E-state index in [9.17, 15) is 22.0 Å². The molecule has 0 N–H and O–H groups in total. The van der Waals surface area contributed by atoms with Gasteiger partial charge in [-0.25, -0.2) is 8.78 Å². The van der Waals surface area contributed by atoms with Gasteiger partial charge >= 0.3 is 6.18 Å². The fraction of sp³-hybridized carbons (Fsp3) is 0.217. The van der Waals surface area contributed by atoms with Gasteiger partial charge in [0.1, 0.15) is 17.4 Å². The SMILES string of the molecule is C=C1C(I)=CC(c2ccccc2)=C(c2c(F)cc(OCC(F)(F)F)cc2F)N1C.CC. The van der Waals surface area contributed by atoms with Crippen molar-refractivity contribution in [3.63, 3.8) is 0 Å². The standard InChI is InChI=1S/C21H15F5INO.C2H6/c1-12-18(27)10-15(13-6-4-3-5-7-13)20(28(12)2)19-16(22)8-14(9-17(19)23)29-11-21(24,25)26;1-2/h3-10H,1,11H2,2H3;1-2H3. The maximum atomic E-state index is 14.9. The highest BCUT2D eigenvalue weighted by Crippen LogP contribution is 2.42. The fourth-order valence-electron chi connectivity index (χ4n) is 2.92. The summed E-state index contributed by atoms with van der Waals surface area (Å²) in [7, 11) is 1.62. The van der Waals surface area contributed by atoms with Crippen molar-refractivity contribution in [1.82, 2.24) is 4.90 Å². The Balaban J connectivity index is 0.00000166. The van der Waals surface area contributed by atoms with E-state index in [-0.39, 0.29) is 11.3 Å². The average molecular weight is 549 g/mol. The van der Waals surface area contributed by atoms with Gasteiger partial charge in [0.05, 0.1) is 11.3 Å². The number of likely N-dealkylation sites (N-methyl/N-ethyl adjacent to an activating group) is 1. The van der Waals surface area contributed by atoms with E-state index >= 15 is 0 Å². The van der Waals surface area contributed by atoms with Gasteiger partial charge < -0.3 is 9.64 Å². The average Bonchev–Trinajstić information content (AvgIpc) is 2.73. The summed E-state index contributed by atoms with van der Waals surface area (Å²) in [5.41, 5.74) is 1.68. The highest BCUT2D eigenvalue weighted by molar-refractivity contribution is 14.1. The van der Waals surface area contributed by atoms with Gasteiger partial charge in [0.2, 0.25) is 0 Å². The van der Waals surface area contributed by atoms with Crippen LogP contribution < -0.4 is 4.74 Å². The second-order valence-corrected chi connectivity index (χ2v) is 7.45. The lowest BCUT2D eigenvalue weighted by Gasteiger charge is -2.31. The lowest BCUT2D eigenvalue weighted by molar-refractivity contribution is -0.153. The number of nitrogens with zero attached hydrogens (tertiary/aromatic N) is 1. The van der Waals surface area contributed by atoms with Crippen molar-refractivity contribution in [2.75, 3.05) is 13.7 Å². The highest BCUT2D eigenvalue weighted by Gasteiger charge is 2.30. The van der Waals surface area contributed by atoms with Crippen molar-refractivity contribution in [1.29, 1.82) is 0 Å². The third-order valence-electron chi connectivity index (χ3n) is 4.28. The van der Waals surface area contributed by atoms with Crippen LogP contribution in [-0.4, -0.2) is 24.7 Å². The molecule has 31 heavy (non-hydrogen) atoms. The first-order valence-corrected chi connectivity index (χ1v) is 10.4. The van der Waals surface area contributed by atoms with E-state index in [0.717, 1.165) is 21.3 Å². The minimum atomic E-state index is -4.61. The molecule has 0 spiro atoms. The van der Waals surface area contributed by atoms with Gasteiger partial charge in [-0.15, -0.1) is 0 Å². The lowest BCUT2D eigenvalue weighted by Crippen LogP contribution is -2.22. The van der Waals surface area contributed by atoms with Crippen LogP contribution in [0.2, 0.25) is 0 Å². The van der Waals surface area contributed by atoms with E-state index in [1.165, 1.54) is 0 Å². The number of halogens is 6. The number of ether oxygens (including phenoxy) is 1. The zero-order valence-corrected chi connectivity index (χ0v) is 19.3. The Labute approximate surface area is 191 Å². The first kappa shape index (κ1) is 24.9. The van der Waals surface area contributed by atoms with Crippen molar-refractivity contribution in [2.24, 2.45) is 0 Å². The van der Waals surface area contributed by atoms with Gasteiger partial charge in [-0.3, -0.25) is 0 Å². The molecule has 1 aliphatic rings. The molecule has 0 saturated carbocycles. The number of rotatable bonds is 4. The summed E-state index contributed by atoms with van der Waals surface area (Å²) in [6.07, 6.45) is -2.85. The number of benzene rings is 2. The van der Waals surface area contributed by atoms with Gasteiger partial charge in [0.25, 0.3) is 0 Å². The molecular weight excluding hydrogens is 528 g/mol. The molecular formula is C23H21F5INO. The summed E-state index contributed by atoms with van der Waals surface area (Å²) in [5, 5.41) is 0. The van der Waals surface area contributed by atoms with E-state index in [1.807, 2.05) is 19.9 Å². The van der Waals surface area contributed by atoms with Crippen LogP contribution in [0.5, 0.6) is 5.75 Å². The van der Waals surface area contributed by atoms with E-state index in [1.54, 1.807) is 42.3 Å². The molecule has 0 unspecified atom stereocenters.